The molecule has 0 heterocycles. The summed E-state index contributed by atoms with van der Waals surface area (Å²) in [5, 5.41) is 9.72. The fraction of sp³-hybridized carbons (Fsp3) is 0.364. The molecule has 0 radical (unpaired) electrons. The minimum atomic E-state index is -1.22. The van der Waals surface area contributed by atoms with Gasteiger partial charge in [-0.05, 0) is 60.2 Å². The highest BCUT2D eigenvalue weighted by atomic mass is 127. The van der Waals surface area contributed by atoms with E-state index in [-0.39, 0.29) is 12.2 Å². The molecule has 88 valence electrons. The van der Waals surface area contributed by atoms with Crippen molar-refractivity contribution in [2.24, 2.45) is 0 Å². The zero-order valence-electron chi connectivity index (χ0n) is 8.96. The summed E-state index contributed by atoms with van der Waals surface area (Å²) in [6.07, 6.45) is 0. The third-order valence-electron chi connectivity index (χ3n) is 1.94. The smallest absolute Gasteiger partial charge is 0.338 e. The number of ether oxygens (including phenoxy) is 1. The standard InChI is InChI=1S/C11H12FIO3/c1-3-16-10(14)7-4-8(11(2,13)15)6-9(12)5-7/h4-6,15H,3H2,1-2H3/t11-/m0/s1. The first kappa shape index (κ1) is 13.4. The number of halogens is 2. The molecule has 3 nitrogen and oxygen atoms in total. The van der Waals surface area contributed by atoms with Crippen LogP contribution in [0, 0.1) is 5.82 Å². The molecule has 5 heteroatoms. The molecule has 0 aliphatic heterocycles. The maximum Gasteiger partial charge on any atom is 0.338 e. The Kier molecular flexibility index (Phi) is 4.26. The van der Waals surface area contributed by atoms with E-state index in [0.29, 0.717) is 5.56 Å². The predicted octanol–water partition coefficient (Wildman–Crippen LogP) is 2.60. The Morgan fingerprint density at radius 2 is 2.19 bits per heavy atom. The Morgan fingerprint density at radius 1 is 1.56 bits per heavy atom. The fourth-order valence-electron chi connectivity index (χ4n) is 1.19. The fourth-order valence-corrected chi connectivity index (χ4v) is 1.50. The molecule has 0 amide bonds. The summed E-state index contributed by atoms with van der Waals surface area (Å²) in [5.74, 6) is -1.17. The zero-order chi connectivity index (χ0) is 12.3. The second kappa shape index (κ2) is 5.09. The van der Waals surface area contributed by atoms with Crippen molar-refractivity contribution in [1.29, 1.82) is 0 Å². The van der Waals surface area contributed by atoms with E-state index in [2.05, 4.69) is 0 Å². The van der Waals surface area contributed by atoms with Crippen LogP contribution < -0.4 is 0 Å². The lowest BCUT2D eigenvalue weighted by Crippen LogP contribution is -2.14. The van der Waals surface area contributed by atoms with Crippen LogP contribution in [-0.4, -0.2) is 17.7 Å². The summed E-state index contributed by atoms with van der Waals surface area (Å²) in [7, 11) is 0. The van der Waals surface area contributed by atoms with E-state index in [1.54, 1.807) is 29.5 Å². The van der Waals surface area contributed by atoms with Gasteiger partial charge in [-0.3, -0.25) is 0 Å². The van der Waals surface area contributed by atoms with Gasteiger partial charge < -0.3 is 9.84 Å². The van der Waals surface area contributed by atoms with Crippen molar-refractivity contribution in [3.05, 3.63) is 35.1 Å². The van der Waals surface area contributed by atoms with Crippen LogP contribution in [0.1, 0.15) is 29.8 Å². The molecule has 0 bridgehead atoms. The first-order valence-corrected chi connectivity index (χ1v) is 5.82. The average molecular weight is 338 g/mol. The normalized spacial score (nSPS) is 14.3. The van der Waals surface area contributed by atoms with Crippen LogP contribution in [0.25, 0.3) is 0 Å². The van der Waals surface area contributed by atoms with Crippen molar-refractivity contribution < 1.29 is 19.0 Å². The average Bonchev–Trinajstić information content (AvgIpc) is 2.16. The highest BCUT2D eigenvalue weighted by Gasteiger charge is 2.21. The van der Waals surface area contributed by atoms with Gasteiger partial charge in [0.15, 0.2) is 0 Å². The van der Waals surface area contributed by atoms with E-state index < -0.39 is 15.4 Å². The van der Waals surface area contributed by atoms with Crippen molar-refractivity contribution in [2.75, 3.05) is 6.61 Å². The number of esters is 1. The second-order valence-electron chi connectivity index (χ2n) is 3.40. The SMILES string of the molecule is CCOC(=O)c1cc(F)cc([C@](C)(O)I)c1. The van der Waals surface area contributed by atoms with Crippen molar-refractivity contribution in [2.45, 2.75) is 17.5 Å². The molecule has 0 aliphatic rings. The van der Waals surface area contributed by atoms with Crippen LogP contribution in [0.15, 0.2) is 18.2 Å². The molecule has 1 aromatic rings. The molecular formula is C11H12FIO3. The lowest BCUT2D eigenvalue weighted by atomic mass is 10.1. The van der Waals surface area contributed by atoms with E-state index in [1.807, 2.05) is 0 Å². The van der Waals surface area contributed by atoms with Gasteiger partial charge in [0.25, 0.3) is 0 Å². The van der Waals surface area contributed by atoms with E-state index in [4.69, 9.17) is 4.74 Å². The summed E-state index contributed by atoms with van der Waals surface area (Å²) in [5.41, 5.74) is 0.435. The largest absolute Gasteiger partial charge is 0.462 e. The highest BCUT2D eigenvalue weighted by Crippen LogP contribution is 2.29. The number of hydrogen-bond donors (Lipinski definition) is 1. The van der Waals surface area contributed by atoms with Gasteiger partial charge >= 0.3 is 5.97 Å². The summed E-state index contributed by atoms with van der Waals surface area (Å²) in [6.45, 7) is 3.41. The number of benzene rings is 1. The molecule has 1 N–H and O–H groups in total. The van der Waals surface area contributed by atoms with Gasteiger partial charge in [-0.25, -0.2) is 9.18 Å². The van der Waals surface area contributed by atoms with Gasteiger partial charge in [-0.2, -0.15) is 0 Å². The maximum atomic E-state index is 13.2. The minimum Gasteiger partial charge on any atom is -0.462 e. The van der Waals surface area contributed by atoms with E-state index >= 15 is 0 Å². The Morgan fingerprint density at radius 3 is 2.69 bits per heavy atom. The number of carbonyl (C=O) groups is 1. The van der Waals surface area contributed by atoms with E-state index in [9.17, 15) is 14.3 Å². The van der Waals surface area contributed by atoms with Crippen molar-refractivity contribution in [3.8, 4) is 0 Å². The van der Waals surface area contributed by atoms with Gasteiger partial charge in [0.05, 0.1) is 12.2 Å². The first-order chi connectivity index (χ1) is 7.34. The molecule has 1 atom stereocenters. The van der Waals surface area contributed by atoms with Crippen molar-refractivity contribution in [3.63, 3.8) is 0 Å². The molecule has 0 saturated heterocycles. The topological polar surface area (TPSA) is 46.5 Å². The summed E-state index contributed by atoms with van der Waals surface area (Å²) < 4.78 is 16.8. The van der Waals surface area contributed by atoms with Crippen LogP contribution in [0.3, 0.4) is 0 Å². The Labute approximate surface area is 107 Å². The molecular weight excluding hydrogens is 326 g/mol. The number of hydrogen-bond acceptors (Lipinski definition) is 3. The summed E-state index contributed by atoms with van der Waals surface area (Å²) in [6, 6.07) is 3.70. The summed E-state index contributed by atoms with van der Waals surface area (Å²) >= 11 is 1.76. The molecule has 0 unspecified atom stereocenters. The molecule has 0 spiro atoms. The van der Waals surface area contributed by atoms with Crippen molar-refractivity contribution in [1.82, 2.24) is 0 Å². The number of carbonyl (C=O) groups excluding carboxylic acids is 1. The molecule has 1 aromatic carbocycles. The van der Waals surface area contributed by atoms with Gasteiger partial charge in [-0.15, -0.1) is 0 Å². The van der Waals surface area contributed by atoms with Gasteiger partial charge in [-0.1, -0.05) is 0 Å². The van der Waals surface area contributed by atoms with Gasteiger partial charge in [0.1, 0.15) is 9.43 Å². The van der Waals surface area contributed by atoms with Crippen LogP contribution in [-0.2, 0) is 8.34 Å². The molecule has 0 fully saturated rings. The maximum absolute atomic E-state index is 13.2. The monoisotopic (exact) mass is 338 g/mol. The van der Waals surface area contributed by atoms with E-state index in [0.717, 1.165) is 6.07 Å². The van der Waals surface area contributed by atoms with Crippen LogP contribution in [0.5, 0.6) is 0 Å². The lowest BCUT2D eigenvalue weighted by molar-refractivity contribution is 0.0525. The number of alkyl halides is 1. The first-order valence-electron chi connectivity index (χ1n) is 4.74. The lowest BCUT2D eigenvalue weighted by Gasteiger charge is -2.16. The number of rotatable bonds is 3. The Hall–Kier alpha value is -0.690. The second-order valence-corrected chi connectivity index (χ2v) is 5.50. The predicted molar refractivity (Wildman–Crippen MR) is 65.9 cm³/mol. The van der Waals surface area contributed by atoms with Crippen molar-refractivity contribution >= 4 is 28.6 Å². The zero-order valence-corrected chi connectivity index (χ0v) is 11.1. The molecule has 1 rings (SSSR count). The highest BCUT2D eigenvalue weighted by molar-refractivity contribution is 14.1. The Balaban J connectivity index is 3.13. The van der Waals surface area contributed by atoms with Crippen LogP contribution in [0.4, 0.5) is 4.39 Å². The molecule has 0 aliphatic carbocycles. The third-order valence-corrected chi connectivity index (χ3v) is 2.56. The third kappa shape index (κ3) is 3.41. The molecule has 0 saturated carbocycles. The Bertz CT molecular complexity index is 399. The van der Waals surface area contributed by atoms with Gasteiger partial charge in [0, 0.05) is 0 Å². The number of aliphatic hydroxyl groups is 1. The minimum absolute atomic E-state index is 0.105. The van der Waals surface area contributed by atoms with Gasteiger partial charge in [0.2, 0.25) is 0 Å². The summed E-state index contributed by atoms with van der Waals surface area (Å²) in [4.78, 5) is 11.4. The van der Waals surface area contributed by atoms with E-state index in [1.165, 1.54) is 19.1 Å². The quantitative estimate of drug-likeness (QED) is 0.524. The molecule has 0 aromatic heterocycles. The van der Waals surface area contributed by atoms with Crippen LogP contribution in [0.2, 0.25) is 0 Å². The molecule has 16 heavy (non-hydrogen) atoms. The van der Waals surface area contributed by atoms with Crippen LogP contribution >= 0.6 is 22.6 Å².